The van der Waals surface area contributed by atoms with Crippen molar-refractivity contribution in [3.05, 3.63) is 53.2 Å². The third kappa shape index (κ3) is 3.39. The molecule has 3 aromatic rings. The van der Waals surface area contributed by atoms with Gasteiger partial charge in [-0.05, 0) is 43.7 Å². The lowest BCUT2D eigenvalue weighted by Crippen LogP contribution is -2.44. The van der Waals surface area contributed by atoms with E-state index in [0.29, 0.717) is 17.8 Å². The molecule has 3 aromatic heterocycles. The summed E-state index contributed by atoms with van der Waals surface area (Å²) in [5, 5.41) is 7.37. The fourth-order valence-corrected chi connectivity index (χ4v) is 4.84. The number of piperidine rings is 1. The lowest BCUT2D eigenvalue weighted by atomic mass is 9.92. The van der Waals surface area contributed by atoms with Crippen LogP contribution in [0.1, 0.15) is 32.6 Å². The maximum atomic E-state index is 12.5. The summed E-state index contributed by atoms with van der Waals surface area (Å²) in [6, 6.07) is 7.87. The first-order chi connectivity index (χ1) is 14.1. The van der Waals surface area contributed by atoms with Gasteiger partial charge in [0.15, 0.2) is 0 Å². The lowest BCUT2D eigenvalue weighted by molar-refractivity contribution is -0.117. The zero-order valence-electron chi connectivity index (χ0n) is 16.4. The van der Waals surface area contributed by atoms with Gasteiger partial charge in [-0.1, -0.05) is 6.92 Å². The van der Waals surface area contributed by atoms with Gasteiger partial charge in [-0.3, -0.25) is 9.59 Å². The van der Waals surface area contributed by atoms with E-state index in [4.69, 9.17) is 0 Å². The van der Waals surface area contributed by atoms with E-state index in [0.717, 1.165) is 30.2 Å². The number of imidazole rings is 1. The van der Waals surface area contributed by atoms with Crippen LogP contribution in [0.5, 0.6) is 0 Å². The van der Waals surface area contributed by atoms with Gasteiger partial charge < -0.3 is 14.6 Å². The Bertz CT molecular complexity index is 1110. The van der Waals surface area contributed by atoms with Gasteiger partial charge in [0.05, 0.1) is 0 Å². The van der Waals surface area contributed by atoms with Gasteiger partial charge in [0.2, 0.25) is 5.91 Å². The second-order valence-electron chi connectivity index (χ2n) is 8.21. The van der Waals surface area contributed by atoms with Crippen LogP contribution in [0.15, 0.2) is 47.7 Å². The first-order valence-electron chi connectivity index (χ1n) is 10.2. The summed E-state index contributed by atoms with van der Waals surface area (Å²) < 4.78 is 3.12. The van der Waals surface area contributed by atoms with Crippen molar-refractivity contribution in [1.29, 1.82) is 0 Å². The van der Waals surface area contributed by atoms with Crippen LogP contribution in [-0.4, -0.2) is 37.2 Å². The normalized spacial score (nSPS) is 23.5. The van der Waals surface area contributed by atoms with E-state index in [1.807, 2.05) is 16.8 Å². The molecule has 1 amide bonds. The largest absolute Gasteiger partial charge is 0.349 e. The molecule has 5 rings (SSSR count). The summed E-state index contributed by atoms with van der Waals surface area (Å²) >= 11 is 0. The monoisotopic (exact) mass is 392 g/mol. The topological polar surface area (TPSA) is 84.5 Å². The number of hydrogen-bond donors (Lipinski definition) is 1. The zero-order chi connectivity index (χ0) is 20.0. The standard InChI is InChI=1S/C21H24N6O2/c1-14-10-16-2-3-17(11-14)27(16)18-4-5-21(29)26(24-18)13-20(28)23-15-6-8-25-9-7-22-19(25)12-15/h4-9,12,14,16-17H,2-3,10-11,13H2,1H3,(H,23,28)/t14?,16-,17?/m1/s1. The number of carbonyl (C=O) groups is 1. The van der Waals surface area contributed by atoms with Gasteiger partial charge in [-0.25, -0.2) is 9.67 Å². The Balaban J connectivity index is 1.34. The second kappa shape index (κ2) is 7.02. The first kappa shape index (κ1) is 17.9. The van der Waals surface area contributed by atoms with Crippen molar-refractivity contribution in [3.63, 3.8) is 0 Å². The summed E-state index contributed by atoms with van der Waals surface area (Å²) in [5.41, 5.74) is 1.11. The molecular weight excluding hydrogens is 368 g/mol. The molecule has 0 aliphatic carbocycles. The highest BCUT2D eigenvalue weighted by Gasteiger charge is 2.40. The summed E-state index contributed by atoms with van der Waals surface area (Å²) in [7, 11) is 0. The summed E-state index contributed by atoms with van der Waals surface area (Å²) in [4.78, 5) is 31.4. The molecule has 0 spiro atoms. The Hall–Kier alpha value is -3.16. The van der Waals surface area contributed by atoms with E-state index in [2.05, 4.69) is 27.2 Å². The Labute approximate surface area is 168 Å². The van der Waals surface area contributed by atoms with E-state index in [1.54, 1.807) is 24.4 Å². The molecule has 8 nitrogen and oxygen atoms in total. The van der Waals surface area contributed by atoms with Gasteiger partial charge in [0.25, 0.3) is 5.56 Å². The molecule has 2 aliphatic heterocycles. The number of carbonyl (C=O) groups excluding carboxylic acids is 1. The SMILES string of the molecule is CC1CC2CC[C@H](C1)N2c1ccc(=O)n(CC(=O)Nc2ccn3ccnc3c2)n1. The van der Waals surface area contributed by atoms with Crippen LogP contribution >= 0.6 is 0 Å². The van der Waals surface area contributed by atoms with E-state index >= 15 is 0 Å². The molecular formula is C21H24N6O2. The second-order valence-corrected chi connectivity index (χ2v) is 8.21. The molecule has 2 saturated heterocycles. The number of rotatable bonds is 4. The molecule has 0 radical (unpaired) electrons. The van der Waals surface area contributed by atoms with Crippen molar-refractivity contribution < 1.29 is 4.79 Å². The minimum atomic E-state index is -0.289. The Morgan fingerprint density at radius 2 is 1.97 bits per heavy atom. The van der Waals surface area contributed by atoms with Gasteiger partial charge in [0.1, 0.15) is 18.0 Å². The highest BCUT2D eigenvalue weighted by atomic mass is 16.2. The number of nitrogens with zero attached hydrogens (tertiary/aromatic N) is 5. The predicted octanol–water partition coefficient (Wildman–Crippen LogP) is 2.30. The number of hydrogen-bond acceptors (Lipinski definition) is 5. The van der Waals surface area contributed by atoms with E-state index in [-0.39, 0.29) is 18.0 Å². The van der Waals surface area contributed by atoms with Crippen molar-refractivity contribution in [1.82, 2.24) is 19.2 Å². The van der Waals surface area contributed by atoms with Crippen molar-refractivity contribution in [2.45, 2.75) is 51.2 Å². The molecule has 2 unspecified atom stereocenters. The molecule has 150 valence electrons. The van der Waals surface area contributed by atoms with Crippen LogP contribution < -0.4 is 15.8 Å². The van der Waals surface area contributed by atoms with Crippen LogP contribution in [0.3, 0.4) is 0 Å². The smallest absolute Gasteiger partial charge is 0.267 e. The predicted molar refractivity (Wildman–Crippen MR) is 110 cm³/mol. The molecule has 2 fully saturated rings. The Morgan fingerprint density at radius 3 is 2.76 bits per heavy atom. The fraction of sp³-hybridized carbons (Fsp3) is 0.429. The molecule has 1 N–H and O–H groups in total. The highest BCUT2D eigenvalue weighted by Crippen LogP contribution is 2.40. The fourth-order valence-electron chi connectivity index (χ4n) is 4.84. The van der Waals surface area contributed by atoms with Gasteiger partial charge in [0, 0.05) is 48.5 Å². The third-order valence-corrected chi connectivity index (χ3v) is 6.06. The maximum Gasteiger partial charge on any atom is 0.267 e. The molecule has 5 heterocycles. The van der Waals surface area contributed by atoms with Crippen LogP contribution in [0, 0.1) is 5.92 Å². The molecule has 3 atom stereocenters. The van der Waals surface area contributed by atoms with E-state index < -0.39 is 0 Å². The quantitative estimate of drug-likeness (QED) is 0.736. The van der Waals surface area contributed by atoms with Crippen LogP contribution in [0.25, 0.3) is 5.65 Å². The Morgan fingerprint density at radius 1 is 1.17 bits per heavy atom. The van der Waals surface area contributed by atoms with Crippen LogP contribution in [0.2, 0.25) is 0 Å². The molecule has 0 aromatic carbocycles. The first-order valence-corrected chi connectivity index (χ1v) is 10.2. The van der Waals surface area contributed by atoms with Gasteiger partial charge >= 0.3 is 0 Å². The van der Waals surface area contributed by atoms with Gasteiger partial charge in [-0.2, -0.15) is 5.10 Å². The number of nitrogens with one attached hydrogen (secondary N) is 1. The summed E-state index contributed by atoms with van der Waals surface area (Å²) in [6.45, 7) is 2.19. The average Bonchev–Trinajstić information content (AvgIpc) is 3.25. The number of pyridine rings is 1. The van der Waals surface area contributed by atoms with Crippen molar-refractivity contribution >= 4 is 23.1 Å². The molecule has 2 bridgehead atoms. The summed E-state index contributed by atoms with van der Waals surface area (Å²) in [5.74, 6) is 1.24. The molecule has 8 heteroatoms. The molecule has 2 aliphatic rings. The number of anilines is 2. The number of fused-ring (bicyclic) bond motifs is 3. The molecule has 29 heavy (non-hydrogen) atoms. The van der Waals surface area contributed by atoms with Crippen LogP contribution in [-0.2, 0) is 11.3 Å². The number of amides is 1. The van der Waals surface area contributed by atoms with Crippen molar-refractivity contribution in [2.75, 3.05) is 10.2 Å². The maximum absolute atomic E-state index is 12.5. The van der Waals surface area contributed by atoms with Crippen LogP contribution in [0.4, 0.5) is 11.5 Å². The van der Waals surface area contributed by atoms with Gasteiger partial charge in [-0.15, -0.1) is 0 Å². The minimum Gasteiger partial charge on any atom is -0.349 e. The van der Waals surface area contributed by atoms with E-state index in [9.17, 15) is 9.59 Å². The minimum absolute atomic E-state index is 0.119. The van der Waals surface area contributed by atoms with Crippen molar-refractivity contribution in [2.24, 2.45) is 5.92 Å². The summed E-state index contributed by atoms with van der Waals surface area (Å²) in [6.07, 6.45) is 10.0. The molecule has 0 saturated carbocycles. The average molecular weight is 392 g/mol. The zero-order valence-corrected chi connectivity index (χ0v) is 16.4. The Kier molecular flexibility index (Phi) is 4.34. The van der Waals surface area contributed by atoms with Crippen molar-refractivity contribution in [3.8, 4) is 0 Å². The van der Waals surface area contributed by atoms with E-state index in [1.165, 1.54) is 23.6 Å². The number of aromatic nitrogens is 4. The third-order valence-electron chi connectivity index (χ3n) is 6.06. The highest BCUT2D eigenvalue weighted by molar-refractivity contribution is 5.90. The lowest BCUT2D eigenvalue weighted by Gasteiger charge is -2.38.